The van der Waals surface area contributed by atoms with Crippen molar-refractivity contribution in [2.24, 2.45) is 11.8 Å². The minimum Gasteiger partial charge on any atom is -0.495 e. The maximum Gasteiger partial charge on any atom is 0.137 e. The SMILES string of the molecule is COc1cncc(C2=CC3CCNCCC(C2)C3)c1. The lowest BCUT2D eigenvalue weighted by atomic mass is 9.77. The van der Waals surface area contributed by atoms with Crippen molar-refractivity contribution in [3.63, 3.8) is 0 Å². The number of hydrogen-bond acceptors (Lipinski definition) is 3. The number of pyridine rings is 1. The smallest absolute Gasteiger partial charge is 0.137 e. The highest BCUT2D eigenvalue weighted by molar-refractivity contribution is 5.67. The second-order valence-corrected chi connectivity index (χ2v) is 5.70. The molecule has 0 spiro atoms. The van der Waals surface area contributed by atoms with Crippen LogP contribution < -0.4 is 10.1 Å². The van der Waals surface area contributed by atoms with Crippen molar-refractivity contribution in [3.05, 3.63) is 30.1 Å². The Morgan fingerprint density at radius 3 is 3.05 bits per heavy atom. The molecule has 1 aromatic heterocycles. The van der Waals surface area contributed by atoms with E-state index in [-0.39, 0.29) is 0 Å². The molecule has 3 nitrogen and oxygen atoms in total. The number of methoxy groups -OCH3 is 1. The normalized spacial score (nSPS) is 27.1. The number of nitrogens with one attached hydrogen (secondary N) is 1. The number of nitrogens with zero attached hydrogens (tertiary/aromatic N) is 1. The average molecular weight is 258 g/mol. The summed E-state index contributed by atoms with van der Waals surface area (Å²) in [6, 6.07) is 2.11. The van der Waals surface area contributed by atoms with E-state index in [4.69, 9.17) is 4.74 Å². The molecule has 1 saturated heterocycles. The minimum atomic E-state index is 0.729. The van der Waals surface area contributed by atoms with Gasteiger partial charge in [-0.3, -0.25) is 4.98 Å². The first-order valence-electron chi connectivity index (χ1n) is 7.26. The third kappa shape index (κ3) is 2.98. The standard InChI is InChI=1S/C16H22N2O/c1-19-16-9-15(10-18-11-16)14-7-12-2-4-17-5-3-13(6-12)8-14/h7,9-13,17H,2-6,8H2,1H3. The van der Waals surface area contributed by atoms with Crippen molar-refractivity contribution < 1.29 is 4.74 Å². The molecule has 2 atom stereocenters. The Balaban J connectivity index is 1.86. The highest BCUT2D eigenvalue weighted by Crippen LogP contribution is 2.37. The monoisotopic (exact) mass is 258 g/mol. The molecule has 0 radical (unpaired) electrons. The summed E-state index contributed by atoms with van der Waals surface area (Å²) < 4.78 is 5.28. The molecule has 2 heterocycles. The number of aromatic nitrogens is 1. The molecule has 2 bridgehead atoms. The van der Waals surface area contributed by atoms with Gasteiger partial charge in [0.15, 0.2) is 0 Å². The summed E-state index contributed by atoms with van der Waals surface area (Å²) in [5.41, 5.74) is 2.71. The molecule has 1 aliphatic carbocycles. The third-order valence-corrected chi connectivity index (χ3v) is 4.32. The van der Waals surface area contributed by atoms with Crippen LogP contribution in [0.15, 0.2) is 24.5 Å². The molecule has 19 heavy (non-hydrogen) atoms. The Labute approximate surface area is 115 Å². The molecule has 1 fully saturated rings. The molecule has 0 amide bonds. The van der Waals surface area contributed by atoms with E-state index in [1.807, 2.05) is 6.20 Å². The van der Waals surface area contributed by atoms with E-state index >= 15 is 0 Å². The lowest BCUT2D eigenvalue weighted by Crippen LogP contribution is -2.28. The van der Waals surface area contributed by atoms with Crippen LogP contribution in [0.5, 0.6) is 5.75 Å². The fourth-order valence-electron chi connectivity index (χ4n) is 3.30. The first-order valence-corrected chi connectivity index (χ1v) is 7.26. The predicted octanol–water partition coefficient (Wildman–Crippen LogP) is 2.88. The van der Waals surface area contributed by atoms with E-state index < -0.39 is 0 Å². The van der Waals surface area contributed by atoms with Crippen LogP contribution >= 0.6 is 0 Å². The molecular formula is C16H22N2O. The van der Waals surface area contributed by atoms with Gasteiger partial charge in [0, 0.05) is 6.20 Å². The van der Waals surface area contributed by atoms with Gasteiger partial charge in [0.05, 0.1) is 13.3 Å². The van der Waals surface area contributed by atoms with Crippen LogP contribution in [0.4, 0.5) is 0 Å². The lowest BCUT2D eigenvalue weighted by molar-refractivity contribution is 0.334. The Kier molecular flexibility index (Phi) is 3.83. The number of fused-ring (bicyclic) bond motifs is 2. The van der Waals surface area contributed by atoms with E-state index in [0.29, 0.717) is 0 Å². The van der Waals surface area contributed by atoms with E-state index in [0.717, 1.165) is 24.1 Å². The minimum absolute atomic E-state index is 0.729. The van der Waals surface area contributed by atoms with Crippen LogP contribution in [-0.4, -0.2) is 25.2 Å². The van der Waals surface area contributed by atoms with Gasteiger partial charge in [-0.1, -0.05) is 6.08 Å². The van der Waals surface area contributed by atoms with Crippen molar-refractivity contribution in [2.75, 3.05) is 20.2 Å². The van der Waals surface area contributed by atoms with E-state index in [9.17, 15) is 0 Å². The fraction of sp³-hybridized carbons (Fsp3) is 0.562. The lowest BCUT2D eigenvalue weighted by Gasteiger charge is -2.31. The summed E-state index contributed by atoms with van der Waals surface area (Å²) in [4.78, 5) is 4.29. The van der Waals surface area contributed by atoms with Gasteiger partial charge >= 0.3 is 0 Å². The first-order chi connectivity index (χ1) is 9.35. The molecular weight excluding hydrogens is 236 g/mol. The maximum atomic E-state index is 5.28. The van der Waals surface area contributed by atoms with Gasteiger partial charge in [-0.15, -0.1) is 0 Å². The topological polar surface area (TPSA) is 34.1 Å². The largest absolute Gasteiger partial charge is 0.495 e. The van der Waals surface area contributed by atoms with E-state index in [1.165, 1.54) is 43.4 Å². The van der Waals surface area contributed by atoms with Crippen molar-refractivity contribution >= 4 is 5.57 Å². The summed E-state index contributed by atoms with van der Waals surface area (Å²) >= 11 is 0. The Morgan fingerprint density at radius 1 is 1.26 bits per heavy atom. The molecule has 1 aliphatic heterocycles. The zero-order valence-electron chi connectivity index (χ0n) is 11.6. The molecule has 0 aromatic carbocycles. The molecule has 0 saturated carbocycles. The molecule has 3 rings (SSSR count). The second kappa shape index (κ2) is 5.74. The average Bonchev–Trinajstić information content (AvgIpc) is 2.45. The third-order valence-electron chi connectivity index (χ3n) is 4.32. The fourth-order valence-corrected chi connectivity index (χ4v) is 3.30. The first kappa shape index (κ1) is 12.7. The van der Waals surface area contributed by atoms with E-state index in [2.05, 4.69) is 22.4 Å². The van der Waals surface area contributed by atoms with Crippen LogP contribution in [0.25, 0.3) is 5.57 Å². The molecule has 1 aromatic rings. The Bertz CT molecular complexity index is 470. The summed E-state index contributed by atoms with van der Waals surface area (Å²) in [7, 11) is 1.70. The van der Waals surface area contributed by atoms with Gasteiger partial charge in [0.2, 0.25) is 0 Å². The van der Waals surface area contributed by atoms with Crippen LogP contribution in [0.3, 0.4) is 0 Å². The van der Waals surface area contributed by atoms with Crippen LogP contribution in [0, 0.1) is 11.8 Å². The zero-order chi connectivity index (χ0) is 13.1. The number of rotatable bonds is 2. The quantitative estimate of drug-likeness (QED) is 0.885. The summed E-state index contributed by atoms with van der Waals surface area (Å²) in [6.45, 7) is 2.32. The van der Waals surface area contributed by atoms with E-state index in [1.54, 1.807) is 13.3 Å². The summed E-state index contributed by atoms with van der Waals surface area (Å²) in [5.74, 6) is 2.41. The van der Waals surface area contributed by atoms with Gasteiger partial charge in [0.25, 0.3) is 0 Å². The van der Waals surface area contributed by atoms with Crippen molar-refractivity contribution in [1.82, 2.24) is 10.3 Å². The maximum absolute atomic E-state index is 5.28. The van der Waals surface area contributed by atoms with Gasteiger partial charge in [0.1, 0.15) is 5.75 Å². The number of ether oxygens (including phenoxy) is 1. The van der Waals surface area contributed by atoms with Crippen molar-refractivity contribution in [2.45, 2.75) is 25.7 Å². The molecule has 2 aliphatic rings. The Hall–Kier alpha value is -1.35. The summed E-state index contributed by atoms with van der Waals surface area (Å²) in [5, 5.41) is 3.53. The molecule has 2 unspecified atom stereocenters. The zero-order valence-corrected chi connectivity index (χ0v) is 11.6. The highest BCUT2D eigenvalue weighted by atomic mass is 16.5. The van der Waals surface area contributed by atoms with Gasteiger partial charge < -0.3 is 10.1 Å². The predicted molar refractivity (Wildman–Crippen MR) is 77.1 cm³/mol. The van der Waals surface area contributed by atoms with Crippen LogP contribution in [0.1, 0.15) is 31.2 Å². The number of hydrogen-bond donors (Lipinski definition) is 1. The van der Waals surface area contributed by atoms with Crippen LogP contribution in [-0.2, 0) is 0 Å². The van der Waals surface area contributed by atoms with Gasteiger partial charge in [-0.05, 0) is 67.8 Å². The highest BCUT2D eigenvalue weighted by Gasteiger charge is 2.24. The number of allylic oxidation sites excluding steroid dienone is 2. The molecule has 102 valence electrons. The van der Waals surface area contributed by atoms with Crippen molar-refractivity contribution in [1.29, 1.82) is 0 Å². The van der Waals surface area contributed by atoms with Gasteiger partial charge in [-0.25, -0.2) is 0 Å². The molecule has 1 N–H and O–H groups in total. The van der Waals surface area contributed by atoms with Gasteiger partial charge in [-0.2, -0.15) is 0 Å². The Morgan fingerprint density at radius 2 is 2.16 bits per heavy atom. The molecule has 3 heteroatoms. The summed E-state index contributed by atoms with van der Waals surface area (Å²) in [6.07, 6.45) is 11.3. The second-order valence-electron chi connectivity index (χ2n) is 5.70. The van der Waals surface area contributed by atoms with Crippen molar-refractivity contribution in [3.8, 4) is 5.75 Å². The van der Waals surface area contributed by atoms with Crippen LogP contribution in [0.2, 0.25) is 0 Å².